The van der Waals surface area contributed by atoms with E-state index in [4.69, 9.17) is 4.74 Å². The van der Waals surface area contributed by atoms with E-state index in [1.807, 2.05) is 30.3 Å². The average Bonchev–Trinajstić information content (AvgIpc) is 2.59. The Balaban J connectivity index is 1.77. The van der Waals surface area contributed by atoms with Crippen molar-refractivity contribution in [3.63, 3.8) is 0 Å². The van der Waals surface area contributed by atoms with Gasteiger partial charge < -0.3 is 4.74 Å². The smallest absolute Gasteiger partial charge is 0.345 e. The van der Waals surface area contributed by atoms with E-state index in [9.17, 15) is 14.9 Å². The lowest BCUT2D eigenvalue weighted by molar-refractivity contribution is -0.385. The van der Waals surface area contributed by atoms with E-state index in [-0.39, 0.29) is 17.9 Å². The molecule has 0 radical (unpaired) electrons. The van der Waals surface area contributed by atoms with Gasteiger partial charge in [0.25, 0.3) is 5.69 Å². The number of rotatable bonds is 4. The van der Waals surface area contributed by atoms with Crippen LogP contribution in [0.1, 0.15) is 16.1 Å². The minimum Gasteiger partial charge on any atom is -0.455 e. The number of nitro groups is 1. The fourth-order valence-electron chi connectivity index (χ4n) is 2.21. The lowest BCUT2D eigenvalue weighted by Gasteiger charge is -2.06. The monoisotopic (exact) mass is 308 g/mol. The zero-order valence-electron chi connectivity index (χ0n) is 12.0. The van der Waals surface area contributed by atoms with E-state index in [1.165, 1.54) is 18.2 Å². The maximum Gasteiger partial charge on any atom is 0.345 e. The normalized spacial score (nSPS) is 10.4. The van der Waals surface area contributed by atoms with Crippen LogP contribution in [0.3, 0.4) is 0 Å². The van der Waals surface area contributed by atoms with Crippen LogP contribution in [0.25, 0.3) is 10.9 Å². The minimum atomic E-state index is -0.743. The van der Waals surface area contributed by atoms with Crippen LogP contribution in [0.4, 0.5) is 5.69 Å². The zero-order valence-corrected chi connectivity index (χ0v) is 12.0. The Bertz CT molecular complexity index is 892. The van der Waals surface area contributed by atoms with Crippen LogP contribution in [-0.2, 0) is 11.3 Å². The predicted molar refractivity (Wildman–Crippen MR) is 84.0 cm³/mol. The van der Waals surface area contributed by atoms with Gasteiger partial charge in [-0.3, -0.25) is 10.1 Å². The molecule has 0 unspecified atom stereocenters. The highest BCUT2D eigenvalue weighted by molar-refractivity contribution is 5.93. The molecule has 0 atom stereocenters. The molecule has 6 nitrogen and oxygen atoms in total. The van der Waals surface area contributed by atoms with Gasteiger partial charge in [0.1, 0.15) is 12.2 Å². The summed E-state index contributed by atoms with van der Waals surface area (Å²) in [6.45, 7) is -0.0459. The fraction of sp³-hybridized carbons (Fsp3) is 0.0588. The average molecular weight is 308 g/mol. The van der Waals surface area contributed by atoms with E-state index in [0.717, 1.165) is 10.9 Å². The highest BCUT2D eigenvalue weighted by atomic mass is 16.6. The molecule has 3 aromatic rings. The van der Waals surface area contributed by atoms with Crippen molar-refractivity contribution in [2.24, 2.45) is 0 Å². The molecule has 0 amide bonds. The van der Waals surface area contributed by atoms with Crippen molar-refractivity contribution in [3.8, 4) is 0 Å². The quantitative estimate of drug-likeness (QED) is 0.418. The van der Waals surface area contributed by atoms with Crippen LogP contribution in [0.5, 0.6) is 0 Å². The van der Waals surface area contributed by atoms with Crippen LogP contribution in [0.2, 0.25) is 0 Å². The van der Waals surface area contributed by atoms with E-state index < -0.39 is 10.9 Å². The van der Waals surface area contributed by atoms with Gasteiger partial charge in [-0.05, 0) is 18.2 Å². The molecule has 2 aromatic carbocycles. The number of para-hydroxylation sites is 2. The number of nitro benzene ring substituents is 1. The third-order valence-electron chi connectivity index (χ3n) is 3.33. The molecule has 3 rings (SSSR count). The Morgan fingerprint density at radius 3 is 2.61 bits per heavy atom. The largest absolute Gasteiger partial charge is 0.455 e. The SMILES string of the molecule is O=C(OCc1ccc2ccccc2n1)c1ccccc1[N+](=O)[O-]. The highest BCUT2D eigenvalue weighted by Gasteiger charge is 2.20. The third kappa shape index (κ3) is 3.16. The summed E-state index contributed by atoms with van der Waals surface area (Å²) in [5, 5.41) is 11.9. The molecule has 23 heavy (non-hydrogen) atoms. The molecule has 1 heterocycles. The number of hydrogen-bond donors (Lipinski definition) is 0. The van der Waals surface area contributed by atoms with Gasteiger partial charge >= 0.3 is 5.97 Å². The number of aromatic nitrogens is 1. The number of esters is 1. The summed E-state index contributed by atoms with van der Waals surface area (Å²) in [6.07, 6.45) is 0. The predicted octanol–water partition coefficient (Wildman–Crippen LogP) is 3.50. The lowest BCUT2D eigenvalue weighted by atomic mass is 10.2. The highest BCUT2D eigenvalue weighted by Crippen LogP contribution is 2.19. The Morgan fingerprint density at radius 2 is 1.78 bits per heavy atom. The first kappa shape index (κ1) is 14.6. The van der Waals surface area contributed by atoms with Crippen LogP contribution in [0.15, 0.2) is 60.7 Å². The van der Waals surface area contributed by atoms with Crippen LogP contribution >= 0.6 is 0 Å². The fourth-order valence-corrected chi connectivity index (χ4v) is 2.21. The standard InChI is InChI=1S/C17H12N2O4/c20-17(14-6-2-4-8-16(14)19(21)22)23-11-13-10-9-12-5-1-3-7-15(12)18-13/h1-10H,11H2. The first-order valence-electron chi connectivity index (χ1n) is 6.90. The number of nitrogens with zero attached hydrogens (tertiary/aromatic N) is 2. The van der Waals surface area contributed by atoms with Gasteiger partial charge in [0, 0.05) is 11.5 Å². The molecular formula is C17H12N2O4. The second kappa shape index (κ2) is 6.23. The summed E-state index contributed by atoms with van der Waals surface area (Å²) in [5.41, 5.74) is 1.03. The molecule has 0 aliphatic heterocycles. The van der Waals surface area contributed by atoms with Crippen molar-refractivity contribution in [2.75, 3.05) is 0 Å². The van der Waals surface area contributed by atoms with E-state index in [1.54, 1.807) is 12.1 Å². The van der Waals surface area contributed by atoms with Gasteiger partial charge in [0.2, 0.25) is 0 Å². The lowest BCUT2D eigenvalue weighted by Crippen LogP contribution is -2.08. The van der Waals surface area contributed by atoms with E-state index in [2.05, 4.69) is 4.98 Å². The molecule has 1 aromatic heterocycles. The first-order chi connectivity index (χ1) is 11.1. The Hall–Kier alpha value is -3.28. The maximum absolute atomic E-state index is 12.1. The summed E-state index contributed by atoms with van der Waals surface area (Å²) in [4.78, 5) is 26.8. The summed E-state index contributed by atoms with van der Waals surface area (Å²) >= 11 is 0. The molecular weight excluding hydrogens is 296 g/mol. The molecule has 0 saturated heterocycles. The van der Waals surface area contributed by atoms with Crippen LogP contribution < -0.4 is 0 Å². The van der Waals surface area contributed by atoms with Crippen molar-refractivity contribution in [3.05, 3.63) is 82.0 Å². The second-order valence-corrected chi connectivity index (χ2v) is 4.85. The molecule has 0 bridgehead atoms. The number of hydrogen-bond acceptors (Lipinski definition) is 5. The summed E-state index contributed by atoms with van der Waals surface area (Å²) < 4.78 is 5.15. The topological polar surface area (TPSA) is 82.3 Å². The maximum atomic E-state index is 12.1. The van der Waals surface area contributed by atoms with Crippen LogP contribution in [-0.4, -0.2) is 15.9 Å². The molecule has 0 spiro atoms. The Labute approximate surface area is 131 Å². The van der Waals surface area contributed by atoms with Gasteiger partial charge in [-0.25, -0.2) is 9.78 Å². The second-order valence-electron chi connectivity index (χ2n) is 4.85. The van der Waals surface area contributed by atoms with E-state index >= 15 is 0 Å². The molecule has 0 saturated carbocycles. The Morgan fingerprint density at radius 1 is 1.04 bits per heavy atom. The molecule has 0 N–H and O–H groups in total. The van der Waals surface area contributed by atoms with Gasteiger partial charge in [0.15, 0.2) is 0 Å². The number of carbonyl (C=O) groups is 1. The molecule has 0 fully saturated rings. The molecule has 114 valence electrons. The van der Waals surface area contributed by atoms with Crippen LogP contribution in [0, 0.1) is 10.1 Å². The van der Waals surface area contributed by atoms with Crippen molar-refractivity contribution in [1.29, 1.82) is 0 Å². The summed E-state index contributed by atoms with van der Waals surface area (Å²) in [7, 11) is 0. The van der Waals surface area contributed by atoms with Gasteiger partial charge in [-0.15, -0.1) is 0 Å². The van der Waals surface area contributed by atoms with Crippen molar-refractivity contribution in [2.45, 2.75) is 6.61 Å². The van der Waals surface area contributed by atoms with Crippen molar-refractivity contribution < 1.29 is 14.5 Å². The molecule has 0 aliphatic rings. The summed E-state index contributed by atoms with van der Waals surface area (Å²) in [5.74, 6) is -0.743. The minimum absolute atomic E-state index is 0.0459. The summed E-state index contributed by atoms with van der Waals surface area (Å²) in [6, 6.07) is 16.9. The number of carbonyl (C=O) groups excluding carboxylic acids is 1. The number of fused-ring (bicyclic) bond motifs is 1. The third-order valence-corrected chi connectivity index (χ3v) is 3.33. The number of pyridine rings is 1. The number of ether oxygens (including phenoxy) is 1. The number of benzene rings is 2. The van der Waals surface area contributed by atoms with Gasteiger partial charge in [-0.2, -0.15) is 0 Å². The molecule has 0 aliphatic carbocycles. The van der Waals surface area contributed by atoms with Gasteiger partial charge in [0.05, 0.1) is 16.1 Å². The van der Waals surface area contributed by atoms with Crippen molar-refractivity contribution in [1.82, 2.24) is 4.98 Å². The zero-order chi connectivity index (χ0) is 16.2. The van der Waals surface area contributed by atoms with Crippen molar-refractivity contribution >= 4 is 22.6 Å². The first-order valence-corrected chi connectivity index (χ1v) is 6.90. The van der Waals surface area contributed by atoms with E-state index in [0.29, 0.717) is 5.69 Å². The Kier molecular flexibility index (Phi) is 3.97. The molecule has 6 heteroatoms. The van der Waals surface area contributed by atoms with Gasteiger partial charge in [-0.1, -0.05) is 36.4 Å².